The molecule has 0 aromatic rings. The summed E-state index contributed by atoms with van der Waals surface area (Å²) in [7, 11) is 0. The van der Waals surface area contributed by atoms with Crippen LogP contribution in [0.2, 0.25) is 0 Å². The van der Waals surface area contributed by atoms with E-state index in [1.165, 1.54) is 6.26 Å². The maximum Gasteiger partial charge on any atom is 0.115 e. The van der Waals surface area contributed by atoms with E-state index in [-0.39, 0.29) is 13.2 Å². The number of rotatable bonds is 9. The topological polar surface area (TPSA) is 49.7 Å². The van der Waals surface area contributed by atoms with Crippen LogP contribution in [0.15, 0.2) is 60.9 Å². The van der Waals surface area contributed by atoms with Crippen LogP contribution < -0.4 is 0 Å². The highest BCUT2D eigenvalue weighted by atomic mass is 16.5. The standard InChI is InChI=1S/C15H22O3/c1-2-3-4-5-6-7-8-9-10-11-12-18-14-15(17)13-16/h3-12,15-17H,2,13-14H2,1H3/t15-/m0/s1. The van der Waals surface area contributed by atoms with Crippen LogP contribution in [0.4, 0.5) is 0 Å². The van der Waals surface area contributed by atoms with E-state index in [9.17, 15) is 0 Å². The number of hydrogen-bond donors (Lipinski definition) is 2. The van der Waals surface area contributed by atoms with Gasteiger partial charge in [-0.1, -0.05) is 55.5 Å². The molecule has 0 aromatic carbocycles. The van der Waals surface area contributed by atoms with Gasteiger partial charge in [0.05, 0.1) is 12.9 Å². The first-order chi connectivity index (χ1) is 8.81. The Hall–Kier alpha value is -1.58. The maximum absolute atomic E-state index is 8.97. The molecule has 0 saturated carbocycles. The van der Waals surface area contributed by atoms with E-state index in [1.54, 1.807) is 6.08 Å². The molecule has 0 heterocycles. The average Bonchev–Trinajstić information content (AvgIpc) is 2.39. The molecule has 0 aliphatic carbocycles. The SMILES string of the molecule is CCC=CC=CC=CC=CC=COC[C@@H](O)CO. The first kappa shape index (κ1) is 16.4. The van der Waals surface area contributed by atoms with Gasteiger partial charge in [-0.3, -0.25) is 0 Å². The van der Waals surface area contributed by atoms with E-state index >= 15 is 0 Å². The molecule has 0 bridgehead atoms. The summed E-state index contributed by atoms with van der Waals surface area (Å²) in [4.78, 5) is 0. The molecule has 0 rings (SSSR count). The van der Waals surface area contributed by atoms with Crippen LogP contribution in [0.5, 0.6) is 0 Å². The van der Waals surface area contributed by atoms with E-state index in [2.05, 4.69) is 13.0 Å². The monoisotopic (exact) mass is 250 g/mol. The third-order valence-electron chi connectivity index (χ3n) is 1.82. The summed E-state index contributed by atoms with van der Waals surface area (Å²) >= 11 is 0. The Balaban J connectivity index is 3.64. The van der Waals surface area contributed by atoms with Gasteiger partial charge in [0.1, 0.15) is 12.7 Å². The highest BCUT2D eigenvalue weighted by Gasteiger charge is 1.98. The highest BCUT2D eigenvalue weighted by molar-refractivity contribution is 5.17. The molecule has 0 amide bonds. The Morgan fingerprint density at radius 2 is 1.50 bits per heavy atom. The summed E-state index contributed by atoms with van der Waals surface area (Å²) < 4.78 is 4.97. The van der Waals surface area contributed by atoms with Crippen molar-refractivity contribution in [3.63, 3.8) is 0 Å². The van der Waals surface area contributed by atoms with Crippen molar-refractivity contribution in [2.45, 2.75) is 19.4 Å². The van der Waals surface area contributed by atoms with Gasteiger partial charge in [-0.25, -0.2) is 0 Å². The normalized spacial score (nSPS) is 14.8. The van der Waals surface area contributed by atoms with Crippen LogP contribution in [-0.2, 0) is 4.74 Å². The van der Waals surface area contributed by atoms with Gasteiger partial charge in [0.25, 0.3) is 0 Å². The Morgan fingerprint density at radius 3 is 2.06 bits per heavy atom. The number of aliphatic hydroxyl groups excluding tert-OH is 2. The van der Waals surface area contributed by atoms with Gasteiger partial charge in [-0.2, -0.15) is 0 Å². The summed E-state index contributed by atoms with van der Waals surface area (Å²) in [6.07, 6.45) is 19.0. The van der Waals surface area contributed by atoms with Crippen molar-refractivity contribution in [3.05, 3.63) is 60.9 Å². The zero-order chi connectivity index (χ0) is 13.5. The minimum absolute atomic E-state index is 0.100. The third kappa shape index (κ3) is 12.5. The number of ether oxygens (including phenoxy) is 1. The zero-order valence-electron chi connectivity index (χ0n) is 10.8. The van der Waals surface area contributed by atoms with Crippen LogP contribution in [0.3, 0.4) is 0 Å². The lowest BCUT2D eigenvalue weighted by Crippen LogP contribution is -2.17. The van der Waals surface area contributed by atoms with E-state index in [1.807, 2.05) is 42.5 Å². The first-order valence-electron chi connectivity index (χ1n) is 6.03. The highest BCUT2D eigenvalue weighted by Crippen LogP contribution is 1.87. The average molecular weight is 250 g/mol. The summed E-state index contributed by atoms with van der Waals surface area (Å²) in [6, 6.07) is 0. The molecule has 0 unspecified atom stereocenters. The van der Waals surface area contributed by atoms with Gasteiger partial charge in [0.15, 0.2) is 0 Å². The van der Waals surface area contributed by atoms with Crippen LogP contribution in [0, 0.1) is 0 Å². The molecule has 0 saturated heterocycles. The fourth-order valence-corrected chi connectivity index (χ4v) is 0.920. The Bertz CT molecular complexity index is 312. The molecule has 0 aliphatic rings. The Morgan fingerprint density at radius 1 is 0.944 bits per heavy atom. The van der Waals surface area contributed by atoms with Crippen molar-refractivity contribution in [1.82, 2.24) is 0 Å². The van der Waals surface area contributed by atoms with Crippen LogP contribution in [0.1, 0.15) is 13.3 Å². The van der Waals surface area contributed by atoms with Gasteiger partial charge in [0.2, 0.25) is 0 Å². The molecule has 0 radical (unpaired) electrons. The van der Waals surface area contributed by atoms with Gasteiger partial charge in [-0.15, -0.1) is 0 Å². The summed E-state index contributed by atoms with van der Waals surface area (Å²) in [5, 5.41) is 17.5. The molecular formula is C15H22O3. The van der Waals surface area contributed by atoms with Crippen LogP contribution in [-0.4, -0.2) is 29.5 Å². The van der Waals surface area contributed by atoms with Crippen molar-refractivity contribution >= 4 is 0 Å². The predicted octanol–water partition coefficient (Wildman–Crippen LogP) is 2.50. The summed E-state index contributed by atoms with van der Waals surface area (Å²) in [5.41, 5.74) is 0. The molecule has 18 heavy (non-hydrogen) atoms. The number of hydrogen-bond acceptors (Lipinski definition) is 3. The van der Waals surface area contributed by atoms with Crippen molar-refractivity contribution < 1.29 is 14.9 Å². The quantitative estimate of drug-likeness (QED) is 0.488. The van der Waals surface area contributed by atoms with Gasteiger partial charge in [0, 0.05) is 0 Å². The third-order valence-corrected chi connectivity index (χ3v) is 1.82. The number of aliphatic hydroxyl groups is 2. The molecule has 3 heteroatoms. The molecule has 0 aromatic heterocycles. The van der Waals surface area contributed by atoms with Crippen molar-refractivity contribution in [3.8, 4) is 0 Å². The molecule has 1 atom stereocenters. The van der Waals surface area contributed by atoms with E-state index in [4.69, 9.17) is 14.9 Å². The second kappa shape index (κ2) is 13.5. The van der Waals surface area contributed by atoms with E-state index in [0.29, 0.717) is 0 Å². The first-order valence-corrected chi connectivity index (χ1v) is 6.03. The molecule has 0 spiro atoms. The van der Waals surface area contributed by atoms with Crippen molar-refractivity contribution in [1.29, 1.82) is 0 Å². The summed E-state index contributed by atoms with van der Waals surface area (Å²) in [5.74, 6) is 0. The lowest BCUT2D eigenvalue weighted by atomic mass is 10.3. The molecule has 2 N–H and O–H groups in total. The minimum atomic E-state index is -0.820. The molecular weight excluding hydrogens is 228 g/mol. The second-order valence-electron chi connectivity index (χ2n) is 3.49. The fraction of sp³-hybridized carbons (Fsp3) is 0.333. The van der Waals surface area contributed by atoms with Crippen molar-refractivity contribution in [2.24, 2.45) is 0 Å². The molecule has 0 fully saturated rings. The molecule has 0 aliphatic heterocycles. The fourth-order valence-electron chi connectivity index (χ4n) is 0.920. The lowest BCUT2D eigenvalue weighted by Gasteiger charge is -2.04. The van der Waals surface area contributed by atoms with E-state index < -0.39 is 6.10 Å². The molecule has 100 valence electrons. The van der Waals surface area contributed by atoms with Gasteiger partial charge in [-0.05, 0) is 12.5 Å². The zero-order valence-corrected chi connectivity index (χ0v) is 10.8. The smallest absolute Gasteiger partial charge is 0.115 e. The van der Waals surface area contributed by atoms with Gasteiger partial charge >= 0.3 is 0 Å². The van der Waals surface area contributed by atoms with Gasteiger partial charge < -0.3 is 14.9 Å². The Kier molecular flexibility index (Phi) is 12.3. The Labute approximate surface area is 109 Å². The van der Waals surface area contributed by atoms with Crippen LogP contribution >= 0.6 is 0 Å². The minimum Gasteiger partial charge on any atom is -0.498 e. The largest absolute Gasteiger partial charge is 0.498 e. The van der Waals surface area contributed by atoms with Crippen LogP contribution in [0.25, 0.3) is 0 Å². The number of allylic oxidation sites excluding steroid dienone is 9. The summed E-state index contributed by atoms with van der Waals surface area (Å²) in [6.45, 7) is 1.91. The molecule has 3 nitrogen and oxygen atoms in total. The van der Waals surface area contributed by atoms with Crippen molar-refractivity contribution in [2.75, 3.05) is 13.2 Å². The lowest BCUT2D eigenvalue weighted by molar-refractivity contribution is 0.0384. The van der Waals surface area contributed by atoms with E-state index in [0.717, 1.165) is 6.42 Å². The maximum atomic E-state index is 8.97. The predicted molar refractivity (Wildman–Crippen MR) is 75.0 cm³/mol. The second-order valence-corrected chi connectivity index (χ2v) is 3.49.